The summed E-state index contributed by atoms with van der Waals surface area (Å²) in [4.78, 5) is 42.7. The van der Waals surface area contributed by atoms with Gasteiger partial charge in [0.1, 0.15) is 12.6 Å². The molecule has 1 N–H and O–H groups in total. The van der Waals surface area contributed by atoms with E-state index < -0.39 is 12.1 Å². The van der Waals surface area contributed by atoms with Crippen molar-refractivity contribution in [3.05, 3.63) is 59.7 Å². The predicted octanol–water partition coefficient (Wildman–Crippen LogP) is 5.12. The molecule has 8 nitrogen and oxygen atoms in total. The molecule has 0 heterocycles. The largest absolute Gasteiger partial charge is 0.449 e. The van der Waals surface area contributed by atoms with Gasteiger partial charge in [-0.2, -0.15) is 0 Å². The van der Waals surface area contributed by atoms with E-state index in [1.54, 1.807) is 26.1 Å². The van der Waals surface area contributed by atoms with E-state index in [2.05, 4.69) is 55.6 Å². The third-order valence-electron chi connectivity index (χ3n) is 8.96. The van der Waals surface area contributed by atoms with Crippen LogP contribution in [-0.4, -0.2) is 80.3 Å². The summed E-state index contributed by atoms with van der Waals surface area (Å²) in [6, 6.07) is 7.43. The average Bonchev–Trinajstić information content (AvgIpc) is 3.29. The molecule has 0 radical (unpaired) electrons. The quantitative estimate of drug-likeness (QED) is 0.358. The Labute approximate surface area is 246 Å². The van der Waals surface area contributed by atoms with Gasteiger partial charge in [-0.05, 0) is 35.3 Å². The highest BCUT2D eigenvalue weighted by molar-refractivity contribution is 5.89. The zero-order valence-electron chi connectivity index (χ0n) is 26.0. The van der Waals surface area contributed by atoms with Crippen molar-refractivity contribution in [2.75, 3.05) is 34.4 Å². The Balaban J connectivity index is 1.62. The first-order valence-electron chi connectivity index (χ1n) is 15.0. The molecule has 0 aromatic heterocycles. The lowest BCUT2D eigenvalue weighted by molar-refractivity contribution is -0.138. The second-order valence-electron chi connectivity index (χ2n) is 11.8. The first-order chi connectivity index (χ1) is 19.6. The van der Waals surface area contributed by atoms with Gasteiger partial charge in [-0.15, -0.1) is 0 Å². The summed E-state index contributed by atoms with van der Waals surface area (Å²) >= 11 is 0. The van der Waals surface area contributed by atoms with Crippen molar-refractivity contribution >= 4 is 17.9 Å². The number of fused-ring (bicyclic) bond motifs is 3. The van der Waals surface area contributed by atoms with Gasteiger partial charge >= 0.3 is 6.09 Å². The molecule has 2 aliphatic carbocycles. The molecule has 1 aromatic rings. The lowest BCUT2D eigenvalue weighted by Gasteiger charge is -2.37. The highest BCUT2D eigenvalue weighted by Crippen LogP contribution is 2.49. The van der Waals surface area contributed by atoms with Crippen molar-refractivity contribution in [3.63, 3.8) is 0 Å². The van der Waals surface area contributed by atoms with Crippen molar-refractivity contribution in [1.82, 2.24) is 15.1 Å². The van der Waals surface area contributed by atoms with E-state index in [0.717, 1.165) is 12.8 Å². The minimum absolute atomic E-state index is 0.0479. The monoisotopic (exact) mass is 567 g/mol. The molecule has 0 saturated heterocycles. The maximum atomic E-state index is 13.3. The Kier molecular flexibility index (Phi) is 11.6. The standard InChI is InChI=1S/C33H49N3O5/c1-9-22(5)31(28(10-2)40-8)35(6)29(37)19-34-32(38)30(21(3)4)36(7)33(39)41-20-27-25-17-13-11-15-23(25)24-16-12-14-18-26(24)27/h11-18,21-23,25,27-28,30-31H,9-10,19-20H2,1-8H3,(H,34,38). The fraction of sp³-hybridized carbons (Fsp3) is 0.606. The van der Waals surface area contributed by atoms with E-state index >= 15 is 0 Å². The summed E-state index contributed by atoms with van der Waals surface area (Å²) in [6.45, 7) is 10.1. The first kappa shape index (κ1) is 32.4. The normalized spacial score (nSPS) is 21.8. The molecule has 41 heavy (non-hydrogen) atoms. The number of methoxy groups -OCH3 is 1. The van der Waals surface area contributed by atoms with Crippen molar-refractivity contribution in [2.24, 2.45) is 17.8 Å². The van der Waals surface area contributed by atoms with Crippen LogP contribution in [0.15, 0.2) is 48.6 Å². The van der Waals surface area contributed by atoms with E-state index in [1.807, 2.05) is 32.9 Å². The summed E-state index contributed by atoms with van der Waals surface area (Å²) in [5, 5.41) is 2.78. The maximum Gasteiger partial charge on any atom is 0.410 e. The molecule has 7 unspecified atom stereocenters. The van der Waals surface area contributed by atoms with Crippen LogP contribution < -0.4 is 5.32 Å². The van der Waals surface area contributed by atoms with Crippen molar-refractivity contribution in [3.8, 4) is 0 Å². The number of hydrogen-bond donors (Lipinski definition) is 1. The number of allylic oxidation sites excluding steroid dienone is 4. The molecule has 3 rings (SSSR count). The van der Waals surface area contributed by atoms with Gasteiger partial charge in [0, 0.05) is 33.0 Å². The van der Waals surface area contributed by atoms with E-state index in [9.17, 15) is 14.4 Å². The number of nitrogens with one attached hydrogen (secondary N) is 1. The minimum atomic E-state index is -0.783. The number of amides is 3. The Morgan fingerprint density at radius 1 is 0.951 bits per heavy atom. The van der Waals surface area contributed by atoms with Crippen LogP contribution in [0.25, 0.3) is 0 Å². The number of nitrogens with zero attached hydrogens (tertiary/aromatic N) is 2. The molecule has 7 atom stereocenters. The lowest BCUT2D eigenvalue weighted by atomic mass is 9.84. The molecule has 226 valence electrons. The van der Waals surface area contributed by atoms with Gasteiger partial charge in [0.15, 0.2) is 0 Å². The molecule has 1 aromatic carbocycles. The van der Waals surface area contributed by atoms with Gasteiger partial charge in [-0.25, -0.2) is 4.79 Å². The summed E-state index contributed by atoms with van der Waals surface area (Å²) in [5.74, 6) is 0.0194. The molecular weight excluding hydrogens is 518 g/mol. The summed E-state index contributed by atoms with van der Waals surface area (Å²) in [6.07, 6.45) is 9.54. The third kappa shape index (κ3) is 7.21. The zero-order valence-corrected chi connectivity index (χ0v) is 26.0. The number of rotatable bonds is 13. The first-order valence-corrected chi connectivity index (χ1v) is 15.0. The maximum absolute atomic E-state index is 13.3. The molecular formula is C33H49N3O5. The van der Waals surface area contributed by atoms with Crippen molar-refractivity contribution in [1.29, 1.82) is 0 Å². The topological polar surface area (TPSA) is 88.2 Å². The lowest BCUT2D eigenvalue weighted by Crippen LogP contribution is -2.54. The van der Waals surface area contributed by atoms with Crippen LogP contribution in [0.2, 0.25) is 0 Å². The van der Waals surface area contributed by atoms with Crippen LogP contribution in [0.3, 0.4) is 0 Å². The third-order valence-corrected chi connectivity index (χ3v) is 8.96. The Hall–Kier alpha value is -3.13. The minimum Gasteiger partial charge on any atom is -0.449 e. The second kappa shape index (κ2) is 14.7. The number of benzene rings is 1. The van der Waals surface area contributed by atoms with Gasteiger partial charge in [0.05, 0.1) is 18.7 Å². The van der Waals surface area contributed by atoms with Crippen LogP contribution in [0.4, 0.5) is 4.79 Å². The number of carbonyl (C=O) groups excluding carboxylic acids is 3. The number of likely N-dealkylation sites (N-methyl/N-ethyl adjacent to an activating group) is 2. The van der Waals surface area contributed by atoms with Crippen LogP contribution in [-0.2, 0) is 19.1 Å². The van der Waals surface area contributed by atoms with E-state index in [0.29, 0.717) is 0 Å². The van der Waals surface area contributed by atoms with Gasteiger partial charge in [-0.1, -0.05) is 89.6 Å². The molecule has 2 aliphatic rings. The van der Waals surface area contributed by atoms with Crippen LogP contribution in [0.1, 0.15) is 70.4 Å². The molecule has 0 fully saturated rings. The number of hydrogen-bond acceptors (Lipinski definition) is 5. The summed E-state index contributed by atoms with van der Waals surface area (Å²) in [7, 11) is 5.01. The fourth-order valence-corrected chi connectivity index (χ4v) is 6.53. The molecule has 0 spiro atoms. The average molecular weight is 568 g/mol. The van der Waals surface area contributed by atoms with Gasteiger partial charge in [0.2, 0.25) is 11.8 Å². The van der Waals surface area contributed by atoms with E-state index in [4.69, 9.17) is 9.47 Å². The number of carbonyl (C=O) groups is 3. The van der Waals surface area contributed by atoms with Crippen LogP contribution >= 0.6 is 0 Å². The highest BCUT2D eigenvalue weighted by Gasteiger charge is 2.40. The smallest absolute Gasteiger partial charge is 0.410 e. The van der Waals surface area contributed by atoms with E-state index in [-0.39, 0.29) is 66.7 Å². The molecule has 3 amide bonds. The van der Waals surface area contributed by atoms with Crippen LogP contribution in [0, 0.1) is 17.8 Å². The molecule has 0 bridgehead atoms. The Morgan fingerprint density at radius 3 is 2.22 bits per heavy atom. The Morgan fingerprint density at radius 2 is 1.61 bits per heavy atom. The van der Waals surface area contributed by atoms with Crippen LogP contribution in [0.5, 0.6) is 0 Å². The van der Waals surface area contributed by atoms with Gasteiger partial charge in [0.25, 0.3) is 0 Å². The summed E-state index contributed by atoms with van der Waals surface area (Å²) < 4.78 is 11.5. The van der Waals surface area contributed by atoms with Gasteiger partial charge < -0.3 is 19.7 Å². The SMILES string of the molecule is CCC(C)C(C(CC)OC)N(C)C(=O)CNC(=O)C(C(C)C)N(C)C(=O)OCC1c2ccccc2C2C=CC=CC21. The second-order valence-corrected chi connectivity index (χ2v) is 11.8. The Bertz CT molecular complexity index is 1110. The molecule has 0 aliphatic heterocycles. The fourth-order valence-electron chi connectivity index (χ4n) is 6.53. The predicted molar refractivity (Wildman–Crippen MR) is 162 cm³/mol. The molecule has 0 saturated carbocycles. The van der Waals surface area contributed by atoms with Crippen molar-refractivity contribution in [2.45, 2.75) is 77.5 Å². The van der Waals surface area contributed by atoms with Crippen molar-refractivity contribution < 1.29 is 23.9 Å². The highest BCUT2D eigenvalue weighted by atomic mass is 16.6. The molecule has 8 heteroatoms. The van der Waals surface area contributed by atoms with Gasteiger partial charge in [-0.3, -0.25) is 14.5 Å². The number of ether oxygens (including phenoxy) is 2. The summed E-state index contributed by atoms with van der Waals surface area (Å²) in [5.41, 5.74) is 2.47. The zero-order chi connectivity index (χ0) is 30.3. The van der Waals surface area contributed by atoms with E-state index in [1.165, 1.54) is 16.0 Å².